The Balaban J connectivity index is 2.81. The van der Waals surface area contributed by atoms with Gasteiger partial charge < -0.3 is 0 Å². The highest BCUT2D eigenvalue weighted by molar-refractivity contribution is 9.10. The highest BCUT2D eigenvalue weighted by Crippen LogP contribution is 2.23. The lowest BCUT2D eigenvalue weighted by Gasteiger charge is -1.99. The molecule has 0 unspecified atom stereocenters. The van der Waals surface area contributed by atoms with Crippen molar-refractivity contribution >= 4 is 27.0 Å². The van der Waals surface area contributed by atoms with Crippen molar-refractivity contribution in [1.29, 1.82) is 0 Å². The van der Waals surface area contributed by atoms with Crippen molar-refractivity contribution in [2.24, 2.45) is 0 Å². The van der Waals surface area contributed by atoms with Crippen molar-refractivity contribution in [3.05, 3.63) is 22.2 Å². The van der Waals surface area contributed by atoms with Crippen LogP contribution in [0.3, 0.4) is 0 Å². The van der Waals surface area contributed by atoms with Crippen LogP contribution in [0.2, 0.25) is 0 Å². The van der Waals surface area contributed by atoms with E-state index in [1.165, 1.54) is 0 Å². The van der Waals surface area contributed by atoms with Gasteiger partial charge in [0.15, 0.2) is 0 Å². The van der Waals surface area contributed by atoms with Crippen molar-refractivity contribution in [3.8, 4) is 0 Å². The van der Waals surface area contributed by atoms with Gasteiger partial charge in [0, 0.05) is 11.0 Å². The predicted molar refractivity (Wildman–Crippen MR) is 55.6 cm³/mol. The number of aromatic nitrogens is 3. The molecule has 0 saturated heterocycles. The molecule has 0 fully saturated rings. The predicted octanol–water partition coefficient (Wildman–Crippen LogP) is 2.52. The van der Waals surface area contributed by atoms with Crippen LogP contribution in [-0.4, -0.2) is 15.0 Å². The standard InChI is InChI=1S/C9H10BrN3/c1-3-13-8-5-4-7(10)6(2)9(8)11-12-13/h4-5H,3H2,1-2H3. The molecule has 3 nitrogen and oxygen atoms in total. The molecule has 0 saturated carbocycles. The van der Waals surface area contributed by atoms with E-state index < -0.39 is 0 Å². The summed E-state index contributed by atoms with van der Waals surface area (Å²) in [5.41, 5.74) is 3.23. The molecule has 4 heteroatoms. The highest BCUT2D eigenvalue weighted by atomic mass is 79.9. The van der Waals surface area contributed by atoms with Crippen molar-refractivity contribution in [2.45, 2.75) is 20.4 Å². The third-order valence-electron chi connectivity index (χ3n) is 2.17. The second-order valence-electron chi connectivity index (χ2n) is 2.95. The molecule has 0 aliphatic rings. The fourth-order valence-corrected chi connectivity index (χ4v) is 1.70. The SMILES string of the molecule is CCn1nnc2c(C)c(Br)ccc21. The van der Waals surface area contributed by atoms with Crippen LogP contribution in [0.4, 0.5) is 0 Å². The van der Waals surface area contributed by atoms with Crippen LogP contribution < -0.4 is 0 Å². The normalized spacial score (nSPS) is 11.0. The van der Waals surface area contributed by atoms with Gasteiger partial charge in [-0.1, -0.05) is 21.1 Å². The molecule has 0 amide bonds. The van der Waals surface area contributed by atoms with Crippen LogP contribution in [0.15, 0.2) is 16.6 Å². The maximum Gasteiger partial charge on any atom is 0.117 e. The van der Waals surface area contributed by atoms with E-state index in [9.17, 15) is 0 Å². The Labute approximate surface area is 84.9 Å². The number of rotatable bonds is 1. The number of hydrogen-bond donors (Lipinski definition) is 0. The number of nitrogens with zero attached hydrogens (tertiary/aromatic N) is 3. The first-order chi connectivity index (χ1) is 6.24. The van der Waals surface area contributed by atoms with E-state index in [0.29, 0.717) is 0 Å². The third-order valence-corrected chi connectivity index (χ3v) is 3.03. The number of aryl methyl sites for hydroxylation is 2. The maximum atomic E-state index is 4.13. The van der Waals surface area contributed by atoms with Crippen molar-refractivity contribution < 1.29 is 0 Å². The summed E-state index contributed by atoms with van der Waals surface area (Å²) in [5, 5.41) is 8.19. The van der Waals surface area contributed by atoms with Crippen molar-refractivity contribution in [3.63, 3.8) is 0 Å². The fraction of sp³-hybridized carbons (Fsp3) is 0.333. The topological polar surface area (TPSA) is 30.7 Å². The van der Waals surface area contributed by atoms with Gasteiger partial charge in [0.2, 0.25) is 0 Å². The lowest BCUT2D eigenvalue weighted by molar-refractivity contribution is 0.646. The minimum absolute atomic E-state index is 0.859. The summed E-state index contributed by atoms with van der Waals surface area (Å²) in [5.74, 6) is 0. The Bertz CT molecular complexity index is 447. The van der Waals surface area contributed by atoms with Gasteiger partial charge in [-0.15, -0.1) is 5.10 Å². The highest BCUT2D eigenvalue weighted by Gasteiger charge is 2.07. The molecule has 0 aliphatic carbocycles. The molecule has 0 radical (unpaired) electrons. The Kier molecular flexibility index (Phi) is 2.07. The Hall–Kier alpha value is -0.900. The number of halogens is 1. The summed E-state index contributed by atoms with van der Waals surface area (Å²) >= 11 is 3.47. The van der Waals surface area contributed by atoms with E-state index in [-0.39, 0.29) is 0 Å². The van der Waals surface area contributed by atoms with Crippen molar-refractivity contribution in [2.75, 3.05) is 0 Å². The molecule has 2 aromatic rings. The molecular weight excluding hydrogens is 230 g/mol. The maximum absolute atomic E-state index is 4.13. The average molecular weight is 240 g/mol. The van der Waals surface area contributed by atoms with Crippen LogP contribution in [0.1, 0.15) is 12.5 Å². The third kappa shape index (κ3) is 1.25. The summed E-state index contributed by atoms with van der Waals surface area (Å²) in [6.45, 7) is 4.96. The quantitative estimate of drug-likeness (QED) is 0.766. The van der Waals surface area contributed by atoms with Gasteiger partial charge in [0.1, 0.15) is 5.52 Å². The van der Waals surface area contributed by atoms with E-state index >= 15 is 0 Å². The van der Waals surface area contributed by atoms with Crippen LogP contribution in [0.5, 0.6) is 0 Å². The second-order valence-corrected chi connectivity index (χ2v) is 3.80. The van der Waals surface area contributed by atoms with Gasteiger partial charge in [-0.05, 0) is 31.5 Å². The van der Waals surface area contributed by atoms with Gasteiger partial charge in [-0.3, -0.25) is 0 Å². The van der Waals surface area contributed by atoms with Crippen molar-refractivity contribution in [1.82, 2.24) is 15.0 Å². The van der Waals surface area contributed by atoms with E-state index in [0.717, 1.165) is 27.6 Å². The van der Waals surface area contributed by atoms with Gasteiger partial charge in [0.05, 0.1) is 5.52 Å². The summed E-state index contributed by atoms with van der Waals surface area (Å²) in [6.07, 6.45) is 0. The molecule has 1 aromatic carbocycles. The van der Waals surface area contributed by atoms with Gasteiger partial charge in [0.25, 0.3) is 0 Å². The van der Waals surface area contributed by atoms with E-state index in [4.69, 9.17) is 0 Å². The van der Waals surface area contributed by atoms with Gasteiger partial charge in [-0.25, -0.2) is 4.68 Å². The number of hydrogen-bond acceptors (Lipinski definition) is 2. The fourth-order valence-electron chi connectivity index (χ4n) is 1.38. The summed E-state index contributed by atoms with van der Waals surface area (Å²) in [4.78, 5) is 0. The van der Waals surface area contributed by atoms with E-state index in [1.807, 2.05) is 23.7 Å². The zero-order valence-corrected chi connectivity index (χ0v) is 9.17. The van der Waals surface area contributed by atoms with Crippen LogP contribution >= 0.6 is 15.9 Å². The Morgan fingerprint density at radius 3 is 2.92 bits per heavy atom. The number of fused-ring (bicyclic) bond motifs is 1. The lowest BCUT2D eigenvalue weighted by Crippen LogP contribution is -1.95. The first kappa shape index (κ1) is 8.69. The smallest absolute Gasteiger partial charge is 0.117 e. The minimum atomic E-state index is 0.859. The Morgan fingerprint density at radius 2 is 2.23 bits per heavy atom. The molecule has 0 atom stereocenters. The minimum Gasteiger partial charge on any atom is -0.245 e. The molecular formula is C9H10BrN3. The largest absolute Gasteiger partial charge is 0.245 e. The molecule has 68 valence electrons. The first-order valence-corrected chi connectivity index (χ1v) is 5.01. The monoisotopic (exact) mass is 239 g/mol. The first-order valence-electron chi connectivity index (χ1n) is 4.22. The molecule has 0 aliphatic heterocycles. The van der Waals surface area contributed by atoms with E-state index in [2.05, 4.69) is 33.2 Å². The summed E-state index contributed by atoms with van der Waals surface area (Å²) in [6, 6.07) is 4.07. The Morgan fingerprint density at radius 1 is 1.46 bits per heavy atom. The number of benzene rings is 1. The van der Waals surface area contributed by atoms with Gasteiger partial charge >= 0.3 is 0 Å². The second kappa shape index (κ2) is 3.10. The molecule has 0 spiro atoms. The molecule has 2 rings (SSSR count). The van der Waals surface area contributed by atoms with E-state index in [1.54, 1.807) is 0 Å². The molecule has 0 bridgehead atoms. The average Bonchev–Trinajstić information content (AvgIpc) is 2.55. The zero-order chi connectivity index (χ0) is 9.42. The summed E-state index contributed by atoms with van der Waals surface area (Å²) in [7, 11) is 0. The van der Waals surface area contributed by atoms with Gasteiger partial charge in [-0.2, -0.15) is 0 Å². The molecule has 1 heterocycles. The van der Waals surface area contributed by atoms with Crippen LogP contribution in [-0.2, 0) is 6.54 Å². The molecule has 13 heavy (non-hydrogen) atoms. The lowest BCUT2D eigenvalue weighted by atomic mass is 10.2. The summed E-state index contributed by atoms with van der Waals surface area (Å²) < 4.78 is 2.98. The van der Waals surface area contributed by atoms with Crippen LogP contribution in [0, 0.1) is 6.92 Å². The zero-order valence-electron chi connectivity index (χ0n) is 7.58. The van der Waals surface area contributed by atoms with Crippen LogP contribution in [0.25, 0.3) is 11.0 Å². The molecule has 0 N–H and O–H groups in total. The molecule has 1 aromatic heterocycles.